The SMILES string of the molecule is CCOP(=O)(c1cccc(CS(=O)(=O)OCC(F)(F)F)c1)c1cc(C#Cc2ccc(OC)cc2)cc(CO)n1. The van der Waals surface area contributed by atoms with E-state index in [1.165, 1.54) is 36.4 Å². The van der Waals surface area contributed by atoms with Crippen molar-refractivity contribution in [1.82, 2.24) is 4.98 Å². The van der Waals surface area contributed by atoms with Gasteiger partial charge >= 0.3 is 6.18 Å². The smallest absolute Gasteiger partial charge is 0.413 e. The Bertz CT molecular complexity index is 1510. The van der Waals surface area contributed by atoms with E-state index in [9.17, 15) is 31.3 Å². The van der Waals surface area contributed by atoms with Crippen molar-refractivity contribution in [2.75, 3.05) is 20.3 Å². The molecule has 0 aliphatic heterocycles. The first-order chi connectivity index (χ1) is 18.4. The number of aliphatic hydroxyl groups excluding tert-OH is 1. The van der Waals surface area contributed by atoms with Crippen LogP contribution in [-0.4, -0.2) is 45.0 Å². The predicted octanol–water partition coefficient (Wildman–Crippen LogP) is 3.66. The number of nitrogens with zero attached hydrogens (tertiary/aromatic N) is 1. The minimum Gasteiger partial charge on any atom is -0.497 e. The summed E-state index contributed by atoms with van der Waals surface area (Å²) in [7, 11) is -7.00. The third-order valence-corrected chi connectivity index (χ3v) is 8.65. The largest absolute Gasteiger partial charge is 0.497 e. The van der Waals surface area contributed by atoms with Gasteiger partial charge in [0.05, 0.1) is 26.0 Å². The molecule has 13 heteroatoms. The lowest BCUT2D eigenvalue weighted by Gasteiger charge is -2.19. The number of rotatable bonds is 10. The normalized spacial score (nSPS) is 13.3. The van der Waals surface area contributed by atoms with E-state index in [1.807, 2.05) is 0 Å². The fourth-order valence-corrected chi connectivity index (χ4v) is 6.46. The van der Waals surface area contributed by atoms with Crippen LogP contribution in [0.25, 0.3) is 0 Å². The van der Waals surface area contributed by atoms with Crippen molar-refractivity contribution in [3.8, 4) is 17.6 Å². The van der Waals surface area contributed by atoms with E-state index in [0.29, 0.717) is 16.9 Å². The molecule has 8 nitrogen and oxygen atoms in total. The fraction of sp³-hybridized carbons (Fsp3) is 0.269. The summed E-state index contributed by atoms with van der Waals surface area (Å²) in [4.78, 5) is 4.27. The molecule has 0 amide bonds. The molecule has 0 radical (unpaired) electrons. The number of hydrogen-bond acceptors (Lipinski definition) is 8. The summed E-state index contributed by atoms with van der Waals surface area (Å²) in [6.07, 6.45) is -4.82. The lowest BCUT2D eigenvalue weighted by atomic mass is 10.2. The molecule has 1 N–H and O–H groups in total. The van der Waals surface area contributed by atoms with Gasteiger partial charge in [0.1, 0.15) is 16.9 Å². The Balaban J connectivity index is 1.99. The van der Waals surface area contributed by atoms with Crippen molar-refractivity contribution in [1.29, 1.82) is 0 Å². The van der Waals surface area contributed by atoms with Crippen LogP contribution in [0.4, 0.5) is 13.2 Å². The van der Waals surface area contributed by atoms with E-state index in [2.05, 4.69) is 21.0 Å². The molecule has 1 atom stereocenters. The van der Waals surface area contributed by atoms with Gasteiger partial charge in [0.15, 0.2) is 6.61 Å². The second-order valence-corrected chi connectivity index (χ2v) is 12.0. The predicted molar refractivity (Wildman–Crippen MR) is 139 cm³/mol. The highest BCUT2D eigenvalue weighted by Gasteiger charge is 2.33. The average molecular weight is 584 g/mol. The van der Waals surface area contributed by atoms with Crippen LogP contribution >= 0.6 is 7.37 Å². The van der Waals surface area contributed by atoms with Gasteiger partial charge in [-0.15, -0.1) is 0 Å². The second-order valence-electron chi connectivity index (χ2n) is 8.06. The fourth-order valence-electron chi connectivity index (χ4n) is 3.38. The Morgan fingerprint density at radius 3 is 2.33 bits per heavy atom. The zero-order chi connectivity index (χ0) is 28.7. The third-order valence-electron chi connectivity index (χ3n) is 5.08. The maximum atomic E-state index is 14.2. The molecule has 3 aromatic rings. The number of hydrogen-bond donors (Lipinski definition) is 1. The van der Waals surface area contributed by atoms with Crippen molar-refractivity contribution in [2.45, 2.75) is 25.5 Å². The first kappa shape index (κ1) is 30.3. The third kappa shape index (κ3) is 8.65. The van der Waals surface area contributed by atoms with Crippen LogP contribution in [0.2, 0.25) is 0 Å². The molecule has 1 heterocycles. The molecule has 2 aromatic carbocycles. The molecular weight excluding hydrogens is 558 g/mol. The first-order valence-electron chi connectivity index (χ1n) is 11.4. The zero-order valence-corrected chi connectivity index (χ0v) is 22.6. The summed E-state index contributed by atoms with van der Waals surface area (Å²) < 4.78 is 90.4. The highest BCUT2D eigenvalue weighted by Crippen LogP contribution is 2.44. The Kier molecular flexibility index (Phi) is 9.93. The Labute approximate surface area is 224 Å². The van der Waals surface area contributed by atoms with Crippen molar-refractivity contribution < 1.29 is 44.7 Å². The molecule has 0 bridgehead atoms. The maximum Gasteiger partial charge on any atom is 0.413 e. The van der Waals surface area contributed by atoms with Crippen LogP contribution in [0, 0.1) is 11.8 Å². The van der Waals surface area contributed by atoms with Gasteiger partial charge in [0, 0.05) is 16.4 Å². The molecule has 0 aliphatic rings. The van der Waals surface area contributed by atoms with Crippen LogP contribution < -0.4 is 15.5 Å². The number of aromatic nitrogens is 1. The van der Waals surface area contributed by atoms with Crippen molar-refractivity contribution in [3.63, 3.8) is 0 Å². The Morgan fingerprint density at radius 2 is 1.72 bits per heavy atom. The molecule has 1 aromatic heterocycles. The van der Waals surface area contributed by atoms with Crippen LogP contribution in [-0.2, 0) is 35.7 Å². The highest BCUT2D eigenvalue weighted by atomic mass is 32.2. The van der Waals surface area contributed by atoms with Crippen LogP contribution in [0.3, 0.4) is 0 Å². The minimum absolute atomic E-state index is 0.00755. The second kappa shape index (κ2) is 12.8. The average Bonchev–Trinajstić information content (AvgIpc) is 2.90. The highest BCUT2D eigenvalue weighted by molar-refractivity contribution is 7.85. The Hall–Kier alpha value is -3.20. The molecule has 0 saturated carbocycles. The lowest BCUT2D eigenvalue weighted by Crippen LogP contribution is -2.24. The molecule has 0 spiro atoms. The molecular formula is C26H25F3NO7PS. The van der Waals surface area contributed by atoms with Gasteiger partial charge in [-0.1, -0.05) is 24.0 Å². The van der Waals surface area contributed by atoms with E-state index in [1.54, 1.807) is 38.3 Å². The van der Waals surface area contributed by atoms with E-state index < -0.39 is 42.6 Å². The van der Waals surface area contributed by atoms with Crippen molar-refractivity contribution in [2.24, 2.45) is 0 Å². The zero-order valence-electron chi connectivity index (χ0n) is 20.9. The number of halogens is 3. The number of benzene rings is 2. The maximum absolute atomic E-state index is 14.2. The number of aliphatic hydroxyl groups is 1. The van der Waals surface area contributed by atoms with E-state index in [4.69, 9.17) is 9.26 Å². The van der Waals surface area contributed by atoms with Gasteiger partial charge in [-0.3, -0.25) is 8.75 Å². The van der Waals surface area contributed by atoms with Gasteiger partial charge in [0.25, 0.3) is 17.5 Å². The standard InChI is InChI=1S/C26H25F3NO7PS/c1-3-36-38(32,24-6-4-5-21(14-24)17-39(33,34)37-18-26(27,28)29)25-15-20(13-22(16-31)30-25)8-7-19-9-11-23(35-2)12-10-19/h4-6,9-15,31H,3,16-18H2,1-2H3. The number of ether oxygens (including phenoxy) is 1. The summed E-state index contributed by atoms with van der Waals surface area (Å²) in [6.45, 7) is -0.838. The quantitative estimate of drug-likeness (QED) is 0.219. The van der Waals surface area contributed by atoms with Crippen LogP contribution in [0.15, 0.2) is 60.7 Å². The molecule has 3 rings (SSSR count). The topological polar surface area (TPSA) is 112 Å². The van der Waals surface area contributed by atoms with Gasteiger partial charge < -0.3 is 14.4 Å². The first-order valence-corrected chi connectivity index (χ1v) is 14.6. The molecule has 0 aliphatic carbocycles. The van der Waals surface area contributed by atoms with Crippen molar-refractivity contribution in [3.05, 3.63) is 83.0 Å². The van der Waals surface area contributed by atoms with E-state index >= 15 is 0 Å². The van der Waals surface area contributed by atoms with Gasteiger partial charge in [-0.2, -0.15) is 21.6 Å². The summed E-state index contributed by atoms with van der Waals surface area (Å²) in [5, 5.41) is 9.82. The molecule has 208 valence electrons. The molecule has 0 fully saturated rings. The van der Waals surface area contributed by atoms with Gasteiger partial charge in [-0.25, -0.2) is 4.98 Å². The number of pyridine rings is 1. The van der Waals surface area contributed by atoms with E-state index in [-0.39, 0.29) is 28.6 Å². The molecule has 39 heavy (non-hydrogen) atoms. The van der Waals surface area contributed by atoms with Crippen LogP contribution in [0.1, 0.15) is 29.3 Å². The van der Waals surface area contributed by atoms with Crippen molar-refractivity contribution >= 4 is 28.2 Å². The summed E-state index contributed by atoms with van der Waals surface area (Å²) in [5.74, 6) is 5.68. The number of methoxy groups -OCH3 is 1. The minimum atomic E-state index is -4.82. The van der Waals surface area contributed by atoms with Gasteiger partial charge in [0.2, 0.25) is 0 Å². The monoisotopic (exact) mass is 583 g/mol. The van der Waals surface area contributed by atoms with Crippen LogP contribution in [0.5, 0.6) is 5.75 Å². The Morgan fingerprint density at radius 1 is 1.03 bits per heavy atom. The van der Waals surface area contributed by atoms with Gasteiger partial charge in [-0.05, 0) is 61.0 Å². The summed E-state index contributed by atoms with van der Waals surface area (Å²) in [5.41, 5.74) is 1.23. The molecule has 0 saturated heterocycles. The lowest BCUT2D eigenvalue weighted by molar-refractivity contribution is -0.152. The molecule has 1 unspecified atom stereocenters. The van der Waals surface area contributed by atoms with E-state index in [0.717, 1.165) is 0 Å². The summed E-state index contributed by atoms with van der Waals surface area (Å²) in [6, 6.07) is 15.4. The number of alkyl halides is 3. The summed E-state index contributed by atoms with van der Waals surface area (Å²) >= 11 is 0.